The summed E-state index contributed by atoms with van der Waals surface area (Å²) in [4.78, 5) is 6.59. The fraction of sp³-hybridized carbons (Fsp3) is 0.231. The van der Waals surface area contributed by atoms with Crippen molar-refractivity contribution in [2.24, 2.45) is 4.99 Å². The Kier molecular flexibility index (Phi) is 6.66. The number of aliphatic hydroxyl groups is 1. The molecule has 24 heavy (non-hydrogen) atoms. The molecule has 0 saturated carbocycles. The molecule has 0 aromatic carbocycles. The average Bonchev–Trinajstić information content (AvgIpc) is 2.34. The van der Waals surface area contributed by atoms with E-state index in [1.54, 1.807) is 0 Å². The second-order valence-electron chi connectivity index (χ2n) is 4.25. The van der Waals surface area contributed by atoms with Gasteiger partial charge in [-0.25, -0.2) is 4.99 Å². The lowest BCUT2D eigenvalue weighted by atomic mass is 10.3. The van der Waals surface area contributed by atoms with E-state index in [0.717, 1.165) is 19.3 Å². The third-order valence-electron chi connectivity index (χ3n) is 2.29. The van der Waals surface area contributed by atoms with Crippen LogP contribution in [0.15, 0.2) is 41.5 Å². The van der Waals surface area contributed by atoms with Crippen molar-refractivity contribution in [3.05, 3.63) is 52.1 Å². The Bertz CT molecular complexity index is 684. The number of thioether (sulfide) groups is 1. The third kappa shape index (κ3) is 5.64. The number of hydrogen-bond donors (Lipinski definition) is 1. The van der Waals surface area contributed by atoms with Gasteiger partial charge < -0.3 is 5.11 Å². The van der Waals surface area contributed by atoms with Gasteiger partial charge in [0.05, 0.1) is 20.7 Å². The number of aliphatic imine (C=N–C) groups is 1. The largest absolute Gasteiger partial charge is 0.509 e. The fourth-order valence-corrected chi connectivity index (χ4v) is 3.00. The smallest absolute Gasteiger partial charge is 0.433 e. The van der Waals surface area contributed by atoms with Gasteiger partial charge in [-0.2, -0.15) is 22.0 Å². The summed E-state index contributed by atoms with van der Waals surface area (Å²) in [5.74, 6) is -0.921. The number of aromatic nitrogens is 1. The molecule has 0 atom stereocenters. The molecular weight excluding hydrogens is 398 g/mol. The first kappa shape index (κ1) is 20.7. The van der Waals surface area contributed by atoms with Crippen LogP contribution >= 0.6 is 35.0 Å². The fourth-order valence-electron chi connectivity index (χ4n) is 1.45. The lowest BCUT2D eigenvalue weighted by Crippen LogP contribution is -2.15. The minimum absolute atomic E-state index is 0.217. The molecular formula is C13H9Cl2F5N2OS. The zero-order chi connectivity index (χ0) is 18.7. The Labute approximate surface area is 147 Å². The van der Waals surface area contributed by atoms with Crippen LogP contribution in [0, 0.1) is 0 Å². The van der Waals surface area contributed by atoms with Crippen molar-refractivity contribution in [3.63, 3.8) is 0 Å². The number of allylic oxidation sites excluding steroid dienone is 2. The van der Waals surface area contributed by atoms with E-state index < -0.39 is 43.5 Å². The first-order valence-electron chi connectivity index (χ1n) is 5.93. The topological polar surface area (TPSA) is 45.5 Å². The van der Waals surface area contributed by atoms with Crippen molar-refractivity contribution in [1.29, 1.82) is 0 Å². The number of halogens is 7. The summed E-state index contributed by atoms with van der Waals surface area (Å²) in [6.07, 6.45) is -2.88. The average molecular weight is 407 g/mol. The molecule has 0 fully saturated rings. The molecule has 0 aliphatic carbocycles. The maximum atomic E-state index is 14.3. The first-order chi connectivity index (χ1) is 10.8. The second kappa shape index (κ2) is 7.71. The van der Waals surface area contributed by atoms with Gasteiger partial charge in [-0.3, -0.25) is 4.98 Å². The lowest BCUT2D eigenvalue weighted by Gasteiger charge is -2.18. The normalized spacial score (nSPS) is 14.0. The van der Waals surface area contributed by atoms with Crippen LogP contribution in [0.5, 0.6) is 0 Å². The van der Waals surface area contributed by atoms with Crippen LogP contribution in [-0.4, -0.2) is 21.3 Å². The van der Waals surface area contributed by atoms with E-state index >= 15 is 0 Å². The molecule has 0 saturated heterocycles. The Morgan fingerprint density at radius 1 is 1.25 bits per heavy atom. The van der Waals surface area contributed by atoms with E-state index in [4.69, 9.17) is 28.3 Å². The zero-order valence-corrected chi connectivity index (χ0v) is 14.2. The van der Waals surface area contributed by atoms with Gasteiger partial charge in [-0.15, -0.1) is 0 Å². The van der Waals surface area contributed by atoms with Crippen molar-refractivity contribution in [1.82, 2.24) is 4.98 Å². The maximum absolute atomic E-state index is 14.3. The van der Waals surface area contributed by atoms with Gasteiger partial charge >= 0.3 is 11.4 Å². The minimum atomic E-state index is -4.96. The Hall–Kier alpha value is -1.32. The van der Waals surface area contributed by atoms with Crippen LogP contribution < -0.4 is 0 Å². The molecule has 0 unspecified atom stereocenters. The predicted molar refractivity (Wildman–Crippen MR) is 84.8 cm³/mol. The molecule has 0 aliphatic heterocycles. The zero-order valence-electron chi connectivity index (χ0n) is 11.8. The summed E-state index contributed by atoms with van der Waals surface area (Å²) in [6, 6.07) is 0. The van der Waals surface area contributed by atoms with E-state index in [9.17, 15) is 22.0 Å². The number of alkyl halides is 5. The summed E-state index contributed by atoms with van der Waals surface area (Å²) >= 11 is 11.0. The Balaban J connectivity index is 3.20. The Morgan fingerprint density at radius 2 is 1.75 bits per heavy atom. The van der Waals surface area contributed by atoms with Crippen LogP contribution in [-0.2, 0) is 5.25 Å². The van der Waals surface area contributed by atoms with Gasteiger partial charge in [0.2, 0.25) is 0 Å². The molecule has 1 aromatic heterocycles. The summed E-state index contributed by atoms with van der Waals surface area (Å²) in [5.41, 5.74) is -2.37. The quantitative estimate of drug-likeness (QED) is 0.216. The first-order valence-corrected chi connectivity index (χ1v) is 7.50. The second-order valence-corrected chi connectivity index (χ2v) is 6.37. The SMILES string of the molecule is C=C(O)/C=C(\N=C(/C)SC(F)(F)c1c(Cl)cncc1Cl)C(F)(F)F. The monoisotopic (exact) mass is 406 g/mol. The predicted octanol–water partition coefficient (Wildman–Crippen LogP) is 6.11. The van der Waals surface area contributed by atoms with Gasteiger partial charge in [-0.05, 0) is 18.7 Å². The van der Waals surface area contributed by atoms with Crippen LogP contribution in [0.1, 0.15) is 12.5 Å². The van der Waals surface area contributed by atoms with Gasteiger partial charge in [-0.1, -0.05) is 29.8 Å². The minimum Gasteiger partial charge on any atom is -0.509 e. The van der Waals surface area contributed by atoms with Crippen LogP contribution in [0.4, 0.5) is 22.0 Å². The molecule has 3 nitrogen and oxygen atoms in total. The highest BCUT2D eigenvalue weighted by Gasteiger charge is 2.39. The Morgan fingerprint density at radius 3 is 2.17 bits per heavy atom. The lowest BCUT2D eigenvalue weighted by molar-refractivity contribution is -0.0925. The van der Waals surface area contributed by atoms with Crippen molar-refractivity contribution in [2.75, 3.05) is 0 Å². The van der Waals surface area contributed by atoms with E-state index in [2.05, 4.69) is 16.6 Å². The van der Waals surface area contributed by atoms with E-state index in [-0.39, 0.29) is 17.8 Å². The molecule has 11 heteroatoms. The number of hydrogen-bond acceptors (Lipinski definition) is 4. The number of pyridine rings is 1. The van der Waals surface area contributed by atoms with Crippen LogP contribution in [0.25, 0.3) is 0 Å². The van der Waals surface area contributed by atoms with Crippen molar-refractivity contribution >= 4 is 40.0 Å². The third-order valence-corrected chi connectivity index (χ3v) is 3.71. The highest BCUT2D eigenvalue weighted by molar-refractivity contribution is 8.14. The molecule has 1 heterocycles. The van der Waals surface area contributed by atoms with Crippen molar-refractivity contribution in [3.8, 4) is 0 Å². The molecule has 132 valence electrons. The summed E-state index contributed by atoms with van der Waals surface area (Å²) in [5, 5.41) is 3.58. The summed E-state index contributed by atoms with van der Waals surface area (Å²) in [6.45, 7) is 3.82. The van der Waals surface area contributed by atoms with Crippen molar-refractivity contribution in [2.45, 2.75) is 18.4 Å². The molecule has 0 amide bonds. The van der Waals surface area contributed by atoms with E-state index in [1.807, 2.05) is 0 Å². The number of aliphatic hydroxyl groups excluding tert-OH is 1. The molecule has 0 aliphatic rings. The summed E-state index contributed by atoms with van der Waals surface area (Å²) in [7, 11) is 0. The molecule has 0 bridgehead atoms. The standard InChI is InChI=1S/C13H9Cl2F5N2OS/c1-6(23)3-10(12(16,17)18)22-7(2)24-13(19,20)11-8(14)4-21-5-9(11)15/h3-5,23H,1H2,2H3/b10-3-,22-7+. The molecule has 1 rings (SSSR count). The van der Waals surface area contributed by atoms with Gasteiger partial charge in [0.1, 0.15) is 11.5 Å². The van der Waals surface area contributed by atoms with E-state index in [0.29, 0.717) is 0 Å². The van der Waals surface area contributed by atoms with Crippen molar-refractivity contribution < 1.29 is 27.1 Å². The maximum Gasteiger partial charge on any atom is 0.433 e. The number of rotatable bonds is 4. The molecule has 0 radical (unpaired) electrons. The summed E-state index contributed by atoms with van der Waals surface area (Å²) < 4.78 is 66.8. The highest BCUT2D eigenvalue weighted by atomic mass is 35.5. The molecule has 0 spiro atoms. The molecule has 1 N–H and O–H groups in total. The van der Waals surface area contributed by atoms with Crippen LogP contribution in [0.2, 0.25) is 10.0 Å². The van der Waals surface area contributed by atoms with Gasteiger partial charge in [0.25, 0.3) is 0 Å². The molecule has 1 aromatic rings. The van der Waals surface area contributed by atoms with E-state index in [1.165, 1.54) is 0 Å². The number of nitrogens with zero attached hydrogens (tertiary/aromatic N) is 2. The van der Waals surface area contributed by atoms with Gasteiger partial charge in [0, 0.05) is 18.5 Å². The highest BCUT2D eigenvalue weighted by Crippen LogP contribution is 2.46. The van der Waals surface area contributed by atoms with Crippen LogP contribution in [0.3, 0.4) is 0 Å². The van der Waals surface area contributed by atoms with Gasteiger partial charge in [0.15, 0.2) is 0 Å².